The van der Waals surface area contributed by atoms with E-state index >= 15 is 0 Å². The van der Waals surface area contributed by atoms with Crippen LogP contribution in [0.2, 0.25) is 5.02 Å². The fraction of sp³-hybridized carbons (Fsp3) is 0.375. The van der Waals surface area contributed by atoms with E-state index in [1.54, 1.807) is 18.2 Å². The van der Waals surface area contributed by atoms with E-state index in [0.29, 0.717) is 29.1 Å². The smallest absolute Gasteiger partial charge is 0.234 e. The van der Waals surface area contributed by atoms with Gasteiger partial charge in [0.05, 0.1) is 17.8 Å². The van der Waals surface area contributed by atoms with Crippen LogP contribution in [0, 0.1) is 17.3 Å². The highest BCUT2D eigenvalue weighted by Crippen LogP contribution is 2.35. The fourth-order valence-electron chi connectivity index (χ4n) is 2.40. The number of nitrogens with zero attached hydrogens (tertiary/aromatic N) is 1. The van der Waals surface area contributed by atoms with Gasteiger partial charge in [-0.25, -0.2) is 4.90 Å². The lowest BCUT2D eigenvalue weighted by Crippen LogP contribution is -2.46. The molecular weight excluding hydrogens is 288 g/mol. The number of carbonyl (C=O) groups excluding carboxylic acids is 2. The molecule has 0 atom stereocenters. The first-order valence-electron chi connectivity index (χ1n) is 6.68. The second kappa shape index (κ2) is 5.88. The molecular formula is C16H17ClN2O2. The van der Waals surface area contributed by atoms with Gasteiger partial charge in [-0.2, -0.15) is 0 Å². The Morgan fingerprint density at radius 2 is 1.90 bits per heavy atom. The Balaban J connectivity index is 2.46. The van der Waals surface area contributed by atoms with Crippen molar-refractivity contribution in [2.45, 2.75) is 26.7 Å². The summed E-state index contributed by atoms with van der Waals surface area (Å²) in [6.07, 6.45) is 0.649. The molecule has 1 aromatic carbocycles. The van der Waals surface area contributed by atoms with Gasteiger partial charge in [-0.15, -0.1) is 0 Å². The molecule has 0 saturated carbocycles. The Kier molecular flexibility index (Phi) is 4.36. The molecule has 0 aliphatic carbocycles. The summed E-state index contributed by atoms with van der Waals surface area (Å²) in [6.45, 7) is 4.02. The second-order valence-electron chi connectivity index (χ2n) is 5.81. The molecule has 2 amide bonds. The van der Waals surface area contributed by atoms with Crippen LogP contribution in [0.4, 0.5) is 5.69 Å². The predicted octanol–water partition coefficient (Wildman–Crippen LogP) is 2.33. The minimum atomic E-state index is -0.305. The molecule has 0 unspecified atom stereocenters. The van der Waals surface area contributed by atoms with Gasteiger partial charge in [0.15, 0.2) is 0 Å². The standard InChI is InChI=1S/C16H17ClN2O2/c1-16(2)9-14(20)19(15(21)10-16)13-6-5-12(17)8-11(13)4-3-7-18/h5-6,8H,7,9-10,18H2,1-2H3. The van der Waals surface area contributed by atoms with Crippen molar-refractivity contribution >= 4 is 29.1 Å². The van der Waals surface area contributed by atoms with E-state index in [2.05, 4.69) is 11.8 Å². The summed E-state index contributed by atoms with van der Waals surface area (Å²) in [5.41, 5.74) is 6.09. The minimum Gasteiger partial charge on any atom is -0.320 e. The second-order valence-corrected chi connectivity index (χ2v) is 6.24. The molecule has 1 aromatic rings. The largest absolute Gasteiger partial charge is 0.320 e. The van der Waals surface area contributed by atoms with Gasteiger partial charge in [-0.3, -0.25) is 9.59 Å². The molecule has 2 rings (SSSR count). The highest BCUT2D eigenvalue weighted by molar-refractivity contribution is 6.31. The van der Waals surface area contributed by atoms with E-state index in [0.717, 1.165) is 0 Å². The number of carbonyl (C=O) groups is 2. The van der Waals surface area contributed by atoms with Gasteiger partial charge in [-0.1, -0.05) is 37.3 Å². The van der Waals surface area contributed by atoms with Crippen LogP contribution in [0.3, 0.4) is 0 Å². The number of nitrogens with two attached hydrogens (primary N) is 1. The number of anilines is 1. The van der Waals surface area contributed by atoms with Gasteiger partial charge in [-0.05, 0) is 23.6 Å². The molecule has 0 radical (unpaired) electrons. The van der Waals surface area contributed by atoms with E-state index in [-0.39, 0.29) is 23.8 Å². The normalized spacial score (nSPS) is 17.4. The number of hydrogen-bond acceptors (Lipinski definition) is 3. The summed E-state index contributed by atoms with van der Waals surface area (Å²) in [7, 11) is 0. The van der Waals surface area contributed by atoms with Gasteiger partial charge in [0.25, 0.3) is 0 Å². The number of rotatable bonds is 1. The van der Waals surface area contributed by atoms with Crippen molar-refractivity contribution in [2.24, 2.45) is 11.1 Å². The van der Waals surface area contributed by atoms with E-state index in [1.165, 1.54) is 4.90 Å². The lowest BCUT2D eigenvalue weighted by Gasteiger charge is -2.35. The Morgan fingerprint density at radius 3 is 2.48 bits per heavy atom. The Labute approximate surface area is 129 Å². The highest BCUT2D eigenvalue weighted by Gasteiger charge is 2.38. The lowest BCUT2D eigenvalue weighted by atomic mass is 9.81. The van der Waals surface area contributed by atoms with Crippen molar-refractivity contribution in [1.29, 1.82) is 0 Å². The van der Waals surface area contributed by atoms with Crippen LogP contribution >= 0.6 is 11.6 Å². The average Bonchev–Trinajstić information content (AvgIpc) is 2.36. The van der Waals surface area contributed by atoms with Crippen LogP contribution in [-0.4, -0.2) is 18.4 Å². The molecule has 110 valence electrons. The molecule has 0 spiro atoms. The van der Waals surface area contributed by atoms with Crippen LogP contribution in [0.1, 0.15) is 32.3 Å². The molecule has 21 heavy (non-hydrogen) atoms. The molecule has 0 bridgehead atoms. The van der Waals surface area contributed by atoms with Crippen LogP contribution < -0.4 is 10.6 Å². The monoisotopic (exact) mass is 304 g/mol. The van der Waals surface area contributed by atoms with Gasteiger partial charge >= 0.3 is 0 Å². The SMILES string of the molecule is CC1(C)CC(=O)N(c2ccc(Cl)cc2C#CCN)C(=O)C1. The van der Waals surface area contributed by atoms with E-state index in [4.69, 9.17) is 17.3 Å². The van der Waals surface area contributed by atoms with Crippen molar-refractivity contribution in [1.82, 2.24) is 0 Å². The van der Waals surface area contributed by atoms with Gasteiger partial charge < -0.3 is 5.73 Å². The molecule has 1 aliphatic heterocycles. The third-order valence-corrected chi connectivity index (χ3v) is 3.52. The Hall–Kier alpha value is -1.83. The van der Waals surface area contributed by atoms with Crippen LogP contribution in [0.25, 0.3) is 0 Å². The summed E-state index contributed by atoms with van der Waals surface area (Å²) < 4.78 is 0. The fourth-order valence-corrected chi connectivity index (χ4v) is 2.57. The molecule has 2 N–H and O–H groups in total. The summed E-state index contributed by atoms with van der Waals surface area (Å²) >= 11 is 5.97. The summed E-state index contributed by atoms with van der Waals surface area (Å²) in [4.78, 5) is 25.9. The maximum Gasteiger partial charge on any atom is 0.234 e. The predicted molar refractivity (Wildman–Crippen MR) is 82.9 cm³/mol. The molecule has 1 fully saturated rings. The number of hydrogen-bond donors (Lipinski definition) is 1. The lowest BCUT2D eigenvalue weighted by molar-refractivity contribution is -0.132. The molecule has 1 saturated heterocycles. The summed E-state index contributed by atoms with van der Waals surface area (Å²) in [5, 5.41) is 0.498. The number of piperidine rings is 1. The highest BCUT2D eigenvalue weighted by atomic mass is 35.5. The number of benzene rings is 1. The number of halogens is 1. The van der Waals surface area contributed by atoms with Crippen molar-refractivity contribution in [2.75, 3.05) is 11.4 Å². The molecule has 4 nitrogen and oxygen atoms in total. The van der Waals surface area contributed by atoms with Crippen molar-refractivity contribution in [3.8, 4) is 11.8 Å². The Morgan fingerprint density at radius 1 is 1.29 bits per heavy atom. The third kappa shape index (κ3) is 3.44. The third-order valence-electron chi connectivity index (χ3n) is 3.28. The van der Waals surface area contributed by atoms with Crippen LogP contribution in [0.5, 0.6) is 0 Å². The van der Waals surface area contributed by atoms with Crippen molar-refractivity contribution in [3.05, 3.63) is 28.8 Å². The maximum atomic E-state index is 12.3. The van der Waals surface area contributed by atoms with E-state index in [9.17, 15) is 9.59 Å². The first-order valence-corrected chi connectivity index (χ1v) is 7.06. The zero-order chi connectivity index (χ0) is 15.6. The van der Waals surface area contributed by atoms with Crippen molar-refractivity contribution in [3.63, 3.8) is 0 Å². The quantitative estimate of drug-likeness (QED) is 0.640. The Bertz CT molecular complexity index is 636. The first kappa shape index (κ1) is 15.6. The average molecular weight is 305 g/mol. The molecule has 1 heterocycles. The number of imide groups is 1. The van der Waals surface area contributed by atoms with Crippen molar-refractivity contribution < 1.29 is 9.59 Å². The maximum absolute atomic E-state index is 12.3. The van der Waals surface area contributed by atoms with E-state index in [1.807, 2.05) is 13.8 Å². The molecule has 0 aromatic heterocycles. The van der Waals surface area contributed by atoms with Gasteiger partial charge in [0, 0.05) is 17.9 Å². The summed E-state index contributed by atoms with van der Waals surface area (Å²) in [5.74, 6) is 5.17. The van der Waals surface area contributed by atoms with Gasteiger partial charge in [0.1, 0.15) is 0 Å². The van der Waals surface area contributed by atoms with E-state index < -0.39 is 0 Å². The first-order chi connectivity index (χ1) is 9.84. The van der Waals surface area contributed by atoms with Crippen LogP contribution in [0.15, 0.2) is 18.2 Å². The molecule has 1 aliphatic rings. The van der Waals surface area contributed by atoms with Crippen LogP contribution in [-0.2, 0) is 9.59 Å². The topological polar surface area (TPSA) is 63.4 Å². The summed E-state index contributed by atoms with van der Waals surface area (Å²) in [6, 6.07) is 4.93. The number of amides is 2. The zero-order valence-electron chi connectivity index (χ0n) is 12.1. The zero-order valence-corrected chi connectivity index (χ0v) is 12.8. The van der Waals surface area contributed by atoms with Gasteiger partial charge in [0.2, 0.25) is 11.8 Å². The molecule has 5 heteroatoms. The minimum absolute atomic E-state index is 0.195.